The van der Waals surface area contributed by atoms with Gasteiger partial charge in [-0.3, -0.25) is 4.79 Å². The molecule has 5 heteroatoms. The molecule has 0 heterocycles. The van der Waals surface area contributed by atoms with Crippen LogP contribution in [0.1, 0.15) is 31.2 Å². The third kappa shape index (κ3) is 2.60. The number of rotatable bonds is 4. The summed E-state index contributed by atoms with van der Waals surface area (Å²) in [6.45, 7) is 2.06. The molecule has 1 saturated carbocycles. The highest BCUT2D eigenvalue weighted by Gasteiger charge is 2.40. The van der Waals surface area contributed by atoms with Crippen molar-refractivity contribution in [2.75, 3.05) is 6.61 Å². The molecule has 0 spiro atoms. The maximum atomic E-state index is 13.2. The van der Waals surface area contributed by atoms with E-state index in [1.807, 2.05) is 0 Å². The number of aromatic hydroxyl groups is 1. The second-order valence-corrected chi connectivity index (χ2v) is 4.44. The predicted octanol–water partition coefficient (Wildman–Crippen LogP) is 2.73. The van der Waals surface area contributed by atoms with Crippen molar-refractivity contribution in [3.8, 4) is 5.75 Å². The summed E-state index contributed by atoms with van der Waals surface area (Å²) in [5.41, 5.74) is 0.483. The van der Waals surface area contributed by atoms with Gasteiger partial charge in [0.1, 0.15) is 0 Å². The van der Waals surface area contributed by atoms with E-state index in [0.717, 1.165) is 12.1 Å². The smallest absolute Gasteiger partial charge is 0.306 e. The Balaban J connectivity index is 2.01. The molecule has 1 aliphatic rings. The van der Waals surface area contributed by atoms with Crippen LogP contribution in [0.4, 0.5) is 8.78 Å². The Hall–Kier alpha value is -1.65. The maximum Gasteiger partial charge on any atom is 0.306 e. The summed E-state index contributed by atoms with van der Waals surface area (Å²) >= 11 is 0. The molecule has 2 unspecified atom stereocenters. The lowest BCUT2D eigenvalue weighted by Crippen LogP contribution is -2.05. The third-order valence-electron chi connectivity index (χ3n) is 3.12. The number of ether oxygens (including phenoxy) is 1. The van der Waals surface area contributed by atoms with Crippen LogP contribution >= 0.6 is 0 Å². The molecule has 18 heavy (non-hydrogen) atoms. The molecule has 1 N–H and O–H groups in total. The van der Waals surface area contributed by atoms with E-state index >= 15 is 0 Å². The Morgan fingerprint density at radius 1 is 1.44 bits per heavy atom. The molecule has 0 aliphatic heterocycles. The normalized spacial score (nSPS) is 21.7. The lowest BCUT2D eigenvalue weighted by Gasteiger charge is -2.04. The van der Waals surface area contributed by atoms with Crippen molar-refractivity contribution < 1.29 is 23.4 Å². The van der Waals surface area contributed by atoms with Gasteiger partial charge in [-0.25, -0.2) is 8.78 Å². The number of esters is 1. The van der Waals surface area contributed by atoms with Crippen LogP contribution < -0.4 is 0 Å². The summed E-state index contributed by atoms with van der Waals surface area (Å²) in [7, 11) is 0. The van der Waals surface area contributed by atoms with E-state index in [-0.39, 0.29) is 24.2 Å². The molecule has 2 rings (SSSR count). The van der Waals surface area contributed by atoms with Crippen molar-refractivity contribution in [3.63, 3.8) is 0 Å². The number of halogens is 2. The van der Waals surface area contributed by atoms with Crippen molar-refractivity contribution in [2.24, 2.45) is 5.92 Å². The minimum atomic E-state index is -0.966. The Labute approximate surface area is 103 Å². The zero-order valence-corrected chi connectivity index (χ0v) is 9.95. The molecule has 1 aromatic rings. The molecule has 0 bridgehead atoms. The Kier molecular flexibility index (Phi) is 3.50. The minimum absolute atomic E-state index is 0.0287. The second-order valence-electron chi connectivity index (χ2n) is 4.44. The number of hydrogen-bond donors (Lipinski definition) is 1. The molecule has 1 aliphatic carbocycles. The van der Waals surface area contributed by atoms with Gasteiger partial charge in [-0.2, -0.15) is 0 Å². The monoisotopic (exact) mass is 256 g/mol. The number of phenols is 1. The minimum Gasteiger partial charge on any atom is -0.503 e. The number of carbonyl (C=O) groups excluding carboxylic acids is 1. The van der Waals surface area contributed by atoms with E-state index < -0.39 is 17.4 Å². The molecule has 98 valence electrons. The van der Waals surface area contributed by atoms with E-state index in [4.69, 9.17) is 9.84 Å². The highest BCUT2D eigenvalue weighted by atomic mass is 19.1. The zero-order chi connectivity index (χ0) is 13.3. The topological polar surface area (TPSA) is 46.5 Å². The molecule has 0 radical (unpaired) electrons. The lowest BCUT2D eigenvalue weighted by molar-refractivity contribution is -0.143. The predicted molar refractivity (Wildman–Crippen MR) is 60.1 cm³/mol. The van der Waals surface area contributed by atoms with Crippen molar-refractivity contribution in [2.45, 2.75) is 25.7 Å². The van der Waals surface area contributed by atoms with Gasteiger partial charge in [0.2, 0.25) is 0 Å². The Bertz CT molecular complexity index is 450. The van der Waals surface area contributed by atoms with E-state index in [1.165, 1.54) is 0 Å². The average molecular weight is 256 g/mol. The van der Waals surface area contributed by atoms with Crippen LogP contribution in [0.15, 0.2) is 12.1 Å². The van der Waals surface area contributed by atoms with Gasteiger partial charge in [-0.15, -0.1) is 0 Å². The summed E-state index contributed by atoms with van der Waals surface area (Å²) in [5, 5.41) is 8.99. The molecule has 2 atom stereocenters. The first-order valence-corrected chi connectivity index (χ1v) is 5.86. The Morgan fingerprint density at radius 3 is 2.61 bits per heavy atom. The molecule has 3 nitrogen and oxygen atoms in total. The first kappa shape index (κ1) is 12.8. The summed E-state index contributed by atoms with van der Waals surface area (Å²) in [4.78, 5) is 11.2. The molecule has 0 saturated heterocycles. The van der Waals surface area contributed by atoms with E-state index in [0.29, 0.717) is 18.6 Å². The average Bonchev–Trinajstić information content (AvgIpc) is 3.04. The van der Waals surface area contributed by atoms with Crippen molar-refractivity contribution in [1.29, 1.82) is 0 Å². The first-order chi connectivity index (χ1) is 8.52. The summed E-state index contributed by atoms with van der Waals surface area (Å²) in [5.74, 6) is -3.13. The van der Waals surface area contributed by atoms with Crippen LogP contribution in [0.3, 0.4) is 0 Å². The van der Waals surface area contributed by atoms with Crippen LogP contribution in [0.5, 0.6) is 5.75 Å². The number of hydrogen-bond acceptors (Lipinski definition) is 3. The number of benzene rings is 1. The van der Waals surface area contributed by atoms with Crippen LogP contribution in [-0.4, -0.2) is 17.7 Å². The molecular weight excluding hydrogens is 242 g/mol. The fourth-order valence-corrected chi connectivity index (χ4v) is 2.11. The van der Waals surface area contributed by atoms with Gasteiger partial charge in [-0.05, 0) is 42.9 Å². The third-order valence-corrected chi connectivity index (χ3v) is 3.12. The van der Waals surface area contributed by atoms with Gasteiger partial charge in [0.15, 0.2) is 17.4 Å². The van der Waals surface area contributed by atoms with Gasteiger partial charge >= 0.3 is 5.97 Å². The van der Waals surface area contributed by atoms with Crippen LogP contribution in [0.25, 0.3) is 0 Å². The Morgan fingerprint density at radius 2 is 2.06 bits per heavy atom. The van der Waals surface area contributed by atoms with Gasteiger partial charge < -0.3 is 9.84 Å². The summed E-state index contributed by atoms with van der Waals surface area (Å²) < 4.78 is 31.1. The SMILES string of the molecule is CCOC(=O)CC1CC1c1cc(F)c(O)c(F)c1. The van der Waals surface area contributed by atoms with Crippen LogP contribution in [0.2, 0.25) is 0 Å². The highest BCUT2D eigenvalue weighted by Crippen LogP contribution is 2.50. The zero-order valence-electron chi connectivity index (χ0n) is 9.95. The highest BCUT2D eigenvalue weighted by molar-refractivity contribution is 5.70. The first-order valence-electron chi connectivity index (χ1n) is 5.86. The van der Waals surface area contributed by atoms with Crippen molar-refractivity contribution in [1.82, 2.24) is 0 Å². The fourth-order valence-electron chi connectivity index (χ4n) is 2.11. The van der Waals surface area contributed by atoms with E-state index in [2.05, 4.69) is 0 Å². The maximum absolute atomic E-state index is 13.2. The van der Waals surface area contributed by atoms with Crippen LogP contribution in [-0.2, 0) is 9.53 Å². The fraction of sp³-hybridized carbons (Fsp3) is 0.462. The van der Waals surface area contributed by atoms with Gasteiger partial charge in [0, 0.05) is 6.42 Å². The summed E-state index contributed by atoms with van der Waals surface area (Å²) in [6, 6.07) is 2.24. The number of carbonyl (C=O) groups is 1. The molecule has 1 fully saturated rings. The molecular formula is C13H14F2O3. The summed E-state index contributed by atoms with van der Waals surface area (Å²) in [6.07, 6.45) is 0.977. The van der Waals surface area contributed by atoms with E-state index in [1.54, 1.807) is 6.92 Å². The second kappa shape index (κ2) is 4.92. The van der Waals surface area contributed by atoms with Crippen molar-refractivity contribution >= 4 is 5.97 Å². The molecule has 0 amide bonds. The van der Waals surface area contributed by atoms with Crippen molar-refractivity contribution in [3.05, 3.63) is 29.3 Å². The lowest BCUT2D eigenvalue weighted by atomic mass is 10.1. The van der Waals surface area contributed by atoms with Gasteiger partial charge in [0.05, 0.1) is 6.61 Å². The van der Waals surface area contributed by atoms with Gasteiger partial charge in [-0.1, -0.05) is 0 Å². The standard InChI is InChI=1S/C13H14F2O3/c1-2-18-12(16)6-7-3-9(7)8-4-10(14)13(17)11(15)5-8/h4-5,7,9,17H,2-3,6H2,1H3. The quantitative estimate of drug-likeness (QED) is 0.842. The van der Waals surface area contributed by atoms with E-state index in [9.17, 15) is 13.6 Å². The number of phenolic OH excluding ortho intramolecular Hbond substituents is 1. The molecule has 0 aromatic heterocycles. The largest absolute Gasteiger partial charge is 0.503 e. The van der Waals surface area contributed by atoms with Crippen LogP contribution in [0, 0.1) is 17.6 Å². The van der Waals surface area contributed by atoms with Gasteiger partial charge in [0.25, 0.3) is 0 Å². The molecule has 1 aromatic carbocycles.